The molecule has 202 valence electrons. The van der Waals surface area contributed by atoms with Gasteiger partial charge >= 0.3 is 0 Å². The molecule has 4 nitrogen and oxygen atoms in total. The lowest BCUT2D eigenvalue weighted by molar-refractivity contribution is 0.454. The molecule has 0 radical (unpaired) electrons. The average Bonchev–Trinajstić information content (AvgIpc) is 2.93. The molecule has 0 aliphatic carbocycles. The minimum Gasteiger partial charge on any atom is -0.508 e. The summed E-state index contributed by atoms with van der Waals surface area (Å²) in [5.41, 5.74) is 10.1. The first-order valence-electron chi connectivity index (χ1n) is 13.4. The van der Waals surface area contributed by atoms with Crippen LogP contribution in [0.15, 0.2) is 84.9 Å². The summed E-state index contributed by atoms with van der Waals surface area (Å²) < 4.78 is 0. The maximum atomic E-state index is 11.5. The van der Waals surface area contributed by atoms with Gasteiger partial charge in [0.15, 0.2) is 0 Å². The highest BCUT2D eigenvalue weighted by molar-refractivity contribution is 5.73. The lowest BCUT2D eigenvalue weighted by Gasteiger charge is -2.24. The van der Waals surface area contributed by atoms with Gasteiger partial charge in [-0.05, 0) is 133 Å². The Kier molecular flexibility index (Phi) is 7.03. The molecule has 4 N–H and O–H groups in total. The van der Waals surface area contributed by atoms with Crippen LogP contribution in [0.3, 0.4) is 0 Å². The number of phenolic OH excluding ortho intramolecular Hbond substituents is 4. The summed E-state index contributed by atoms with van der Waals surface area (Å²) >= 11 is 0. The van der Waals surface area contributed by atoms with Crippen molar-refractivity contribution in [2.75, 3.05) is 0 Å². The summed E-state index contributed by atoms with van der Waals surface area (Å²) in [4.78, 5) is 0. The van der Waals surface area contributed by atoms with Crippen molar-refractivity contribution < 1.29 is 20.4 Å². The molecule has 4 heteroatoms. The summed E-state index contributed by atoms with van der Waals surface area (Å²) in [5.74, 6) is 0.354. The van der Waals surface area contributed by atoms with Crippen LogP contribution in [0.1, 0.15) is 50.4 Å². The predicted molar refractivity (Wildman–Crippen MR) is 161 cm³/mol. The zero-order valence-electron chi connectivity index (χ0n) is 23.4. The van der Waals surface area contributed by atoms with Crippen molar-refractivity contribution in [1.82, 2.24) is 0 Å². The average molecular weight is 531 g/mol. The molecule has 0 heterocycles. The van der Waals surface area contributed by atoms with Gasteiger partial charge in [-0.1, -0.05) is 42.0 Å². The van der Waals surface area contributed by atoms with E-state index in [1.165, 1.54) is 0 Å². The topological polar surface area (TPSA) is 80.9 Å². The minimum absolute atomic E-state index is 0.174. The van der Waals surface area contributed by atoms with Gasteiger partial charge in [-0.25, -0.2) is 0 Å². The number of hydrogen-bond donors (Lipinski definition) is 4. The molecule has 0 aliphatic rings. The van der Waals surface area contributed by atoms with Crippen LogP contribution in [0.4, 0.5) is 0 Å². The smallest absolute Gasteiger partial charge is 0.122 e. The number of aromatic hydroxyl groups is 4. The van der Waals surface area contributed by atoms with Gasteiger partial charge in [-0.15, -0.1) is 0 Å². The third-order valence-electron chi connectivity index (χ3n) is 7.75. The Hall–Kier alpha value is -4.70. The van der Waals surface area contributed by atoms with Gasteiger partial charge in [-0.2, -0.15) is 0 Å². The zero-order valence-corrected chi connectivity index (χ0v) is 23.4. The molecule has 0 saturated heterocycles. The highest BCUT2D eigenvalue weighted by Gasteiger charge is 2.26. The molecule has 5 aromatic carbocycles. The summed E-state index contributed by atoms with van der Waals surface area (Å²) in [7, 11) is 0. The van der Waals surface area contributed by atoms with Crippen molar-refractivity contribution in [3.05, 3.63) is 129 Å². The molecule has 0 fully saturated rings. The fourth-order valence-corrected chi connectivity index (χ4v) is 5.34. The molecule has 5 rings (SSSR count). The van der Waals surface area contributed by atoms with Crippen molar-refractivity contribution in [3.8, 4) is 45.3 Å². The van der Waals surface area contributed by atoms with E-state index in [0.29, 0.717) is 11.1 Å². The SMILES string of the molecule is Cc1ccc(C(c2cc(-c3ccc(O)c(C)c3)cc(C)c2O)c2cc(-c3ccc(O)c(C)c3)cc(C)c2O)cc1. The molecule has 0 atom stereocenters. The quantitative estimate of drug-likeness (QED) is 0.172. The Morgan fingerprint density at radius 2 is 0.825 bits per heavy atom. The number of phenols is 4. The first-order valence-corrected chi connectivity index (χ1v) is 13.4. The molecule has 0 saturated carbocycles. The van der Waals surface area contributed by atoms with E-state index < -0.39 is 5.92 Å². The predicted octanol–water partition coefficient (Wildman–Crippen LogP) is 8.57. The van der Waals surface area contributed by atoms with E-state index in [0.717, 1.165) is 55.6 Å². The fraction of sp³-hybridized carbons (Fsp3) is 0.167. The second-order valence-corrected chi connectivity index (χ2v) is 10.8. The molecule has 0 unspecified atom stereocenters. The minimum atomic E-state index is -0.464. The zero-order chi connectivity index (χ0) is 28.7. The molecule has 0 aliphatic heterocycles. The molecule has 0 aromatic heterocycles. The van der Waals surface area contributed by atoms with Crippen molar-refractivity contribution in [2.24, 2.45) is 0 Å². The Bertz CT molecular complexity index is 1620. The van der Waals surface area contributed by atoms with Gasteiger partial charge in [0.25, 0.3) is 0 Å². The Morgan fingerprint density at radius 1 is 0.425 bits per heavy atom. The number of aryl methyl sites for hydroxylation is 5. The fourth-order valence-electron chi connectivity index (χ4n) is 5.34. The third-order valence-corrected chi connectivity index (χ3v) is 7.75. The number of hydrogen-bond acceptors (Lipinski definition) is 4. The van der Waals surface area contributed by atoms with E-state index in [1.807, 2.05) is 107 Å². The van der Waals surface area contributed by atoms with Gasteiger partial charge < -0.3 is 20.4 Å². The summed E-state index contributed by atoms with van der Waals surface area (Å²) in [6.07, 6.45) is 0. The monoisotopic (exact) mass is 530 g/mol. The van der Waals surface area contributed by atoms with Crippen LogP contribution in [0.2, 0.25) is 0 Å². The van der Waals surface area contributed by atoms with E-state index in [2.05, 4.69) is 0 Å². The normalized spacial score (nSPS) is 11.2. The van der Waals surface area contributed by atoms with Crippen LogP contribution >= 0.6 is 0 Å². The molecule has 0 spiro atoms. The van der Waals surface area contributed by atoms with Gasteiger partial charge in [0, 0.05) is 17.0 Å². The standard InChI is InChI=1S/C36H34O4/c1-20-6-8-25(9-7-20)34(30-18-28(16-23(4)35(30)39)26-10-12-32(37)21(2)14-26)31-19-29(17-24(5)36(31)40)27-11-13-33(38)22(3)15-27/h6-19,34,37-40H,1-5H3. The van der Waals surface area contributed by atoms with Gasteiger partial charge in [0.05, 0.1) is 0 Å². The molecular weight excluding hydrogens is 496 g/mol. The molecule has 5 aromatic rings. The van der Waals surface area contributed by atoms with E-state index in [4.69, 9.17) is 0 Å². The van der Waals surface area contributed by atoms with Crippen molar-refractivity contribution in [2.45, 2.75) is 40.5 Å². The maximum Gasteiger partial charge on any atom is 0.122 e. The molecule has 40 heavy (non-hydrogen) atoms. The van der Waals surface area contributed by atoms with Crippen LogP contribution in [-0.2, 0) is 0 Å². The second kappa shape index (κ2) is 10.5. The molecular formula is C36H34O4. The highest BCUT2D eigenvalue weighted by Crippen LogP contribution is 2.46. The van der Waals surface area contributed by atoms with Crippen LogP contribution in [-0.4, -0.2) is 20.4 Å². The molecule has 0 bridgehead atoms. The largest absolute Gasteiger partial charge is 0.508 e. The third kappa shape index (κ3) is 5.01. The van der Waals surface area contributed by atoms with Crippen LogP contribution < -0.4 is 0 Å². The summed E-state index contributed by atoms with van der Waals surface area (Å²) in [6, 6.07) is 27.0. The van der Waals surface area contributed by atoms with Gasteiger partial charge in [0.1, 0.15) is 23.0 Å². The number of rotatable bonds is 5. The summed E-state index contributed by atoms with van der Waals surface area (Å²) in [5, 5.41) is 43.1. The van der Waals surface area contributed by atoms with Crippen LogP contribution in [0.25, 0.3) is 22.3 Å². The Balaban J connectivity index is 1.78. The first kappa shape index (κ1) is 26.9. The van der Waals surface area contributed by atoms with E-state index in [-0.39, 0.29) is 23.0 Å². The van der Waals surface area contributed by atoms with Gasteiger partial charge in [-0.3, -0.25) is 0 Å². The Morgan fingerprint density at radius 3 is 1.23 bits per heavy atom. The van der Waals surface area contributed by atoms with Crippen molar-refractivity contribution in [1.29, 1.82) is 0 Å². The Labute approximate surface area is 235 Å². The number of benzene rings is 5. The maximum absolute atomic E-state index is 11.5. The van der Waals surface area contributed by atoms with Crippen molar-refractivity contribution in [3.63, 3.8) is 0 Å². The second-order valence-electron chi connectivity index (χ2n) is 10.8. The van der Waals surface area contributed by atoms with E-state index in [9.17, 15) is 20.4 Å². The summed E-state index contributed by atoms with van der Waals surface area (Å²) in [6.45, 7) is 9.51. The van der Waals surface area contributed by atoms with Crippen molar-refractivity contribution >= 4 is 0 Å². The van der Waals surface area contributed by atoms with Gasteiger partial charge in [0.2, 0.25) is 0 Å². The first-order chi connectivity index (χ1) is 19.0. The molecule has 0 amide bonds. The lowest BCUT2D eigenvalue weighted by Crippen LogP contribution is -2.07. The lowest BCUT2D eigenvalue weighted by atomic mass is 9.80. The van der Waals surface area contributed by atoms with E-state index >= 15 is 0 Å². The van der Waals surface area contributed by atoms with Crippen LogP contribution in [0.5, 0.6) is 23.0 Å². The van der Waals surface area contributed by atoms with Crippen LogP contribution in [0, 0.1) is 34.6 Å². The highest BCUT2D eigenvalue weighted by atomic mass is 16.3. The van der Waals surface area contributed by atoms with E-state index in [1.54, 1.807) is 12.1 Å².